The summed E-state index contributed by atoms with van der Waals surface area (Å²) in [7, 11) is 0. The van der Waals surface area contributed by atoms with Crippen LogP contribution in [-0.2, 0) is 16.1 Å². The minimum atomic E-state index is -1.04. The van der Waals surface area contributed by atoms with Gasteiger partial charge in [0.15, 0.2) is 0 Å². The predicted octanol–water partition coefficient (Wildman–Crippen LogP) is 0.931. The van der Waals surface area contributed by atoms with E-state index >= 15 is 0 Å². The average molecular weight is 369 g/mol. The van der Waals surface area contributed by atoms with Gasteiger partial charge < -0.3 is 25.2 Å². The molecule has 2 aliphatic heterocycles. The number of amides is 1. The zero-order valence-corrected chi connectivity index (χ0v) is 14.9. The molecule has 0 saturated carbocycles. The maximum Gasteiger partial charge on any atom is 0.225 e. The highest BCUT2D eigenvalue weighted by atomic mass is 35.5. The van der Waals surface area contributed by atoms with Crippen LogP contribution >= 0.6 is 11.6 Å². The number of hydrogen-bond acceptors (Lipinski definition) is 5. The van der Waals surface area contributed by atoms with Gasteiger partial charge in [-0.05, 0) is 30.5 Å². The number of carbonyl (C=O) groups is 1. The maximum absolute atomic E-state index is 12.2. The summed E-state index contributed by atoms with van der Waals surface area (Å²) in [5, 5.41) is 24.2. The number of likely N-dealkylation sites (tertiary alicyclic amines) is 1. The van der Waals surface area contributed by atoms with Crippen LogP contribution in [0.5, 0.6) is 0 Å². The van der Waals surface area contributed by atoms with E-state index in [9.17, 15) is 15.0 Å². The first kappa shape index (κ1) is 18.6. The summed E-state index contributed by atoms with van der Waals surface area (Å²) in [6, 6.07) is 7.52. The Hall–Kier alpha value is -1.18. The van der Waals surface area contributed by atoms with E-state index in [0.29, 0.717) is 18.1 Å². The Morgan fingerprint density at radius 3 is 2.68 bits per heavy atom. The predicted molar refractivity (Wildman–Crippen MR) is 94.3 cm³/mol. The Morgan fingerprint density at radius 2 is 1.96 bits per heavy atom. The van der Waals surface area contributed by atoms with Crippen molar-refractivity contribution in [3.63, 3.8) is 0 Å². The van der Waals surface area contributed by atoms with E-state index in [1.807, 2.05) is 24.3 Å². The van der Waals surface area contributed by atoms with Crippen LogP contribution in [0.15, 0.2) is 24.3 Å². The lowest BCUT2D eigenvalue weighted by atomic mass is 10.0. The highest BCUT2D eigenvalue weighted by Crippen LogP contribution is 2.25. The summed E-state index contributed by atoms with van der Waals surface area (Å²) >= 11 is 5.95. The second kappa shape index (κ2) is 8.47. The summed E-state index contributed by atoms with van der Waals surface area (Å²) in [5.41, 5.74) is 1.03. The lowest BCUT2D eigenvalue weighted by molar-refractivity contribution is -0.134. The number of aliphatic hydroxyl groups is 2. The number of carbonyl (C=O) groups excluding carboxylic acids is 1. The smallest absolute Gasteiger partial charge is 0.225 e. The molecule has 0 aromatic heterocycles. The number of nitrogens with one attached hydrogen (secondary N) is 1. The standard InChI is InChI=1S/C18H25ClN2O4/c19-13-5-3-4-12(8-13)10-20-11-15-18(24)17(23)14(25-15)9-16(22)21-6-1-2-7-21/h3-5,8,14-15,17-18,20,23-24H,1-2,6-7,9-11H2. The molecule has 2 saturated heterocycles. The third-order valence-corrected chi connectivity index (χ3v) is 5.09. The molecule has 6 nitrogen and oxygen atoms in total. The van der Waals surface area contributed by atoms with E-state index in [2.05, 4.69) is 5.32 Å². The van der Waals surface area contributed by atoms with Gasteiger partial charge in [0.25, 0.3) is 0 Å². The lowest BCUT2D eigenvalue weighted by Crippen LogP contribution is -2.38. The minimum Gasteiger partial charge on any atom is -0.388 e. The van der Waals surface area contributed by atoms with Gasteiger partial charge in [-0.25, -0.2) is 0 Å². The van der Waals surface area contributed by atoms with Crippen molar-refractivity contribution < 1.29 is 19.7 Å². The van der Waals surface area contributed by atoms with Crippen molar-refractivity contribution in [3.8, 4) is 0 Å². The molecular formula is C18H25ClN2O4. The summed E-state index contributed by atoms with van der Waals surface area (Å²) in [6.07, 6.45) is -1.06. The Morgan fingerprint density at radius 1 is 1.24 bits per heavy atom. The van der Waals surface area contributed by atoms with E-state index in [0.717, 1.165) is 31.5 Å². The third-order valence-electron chi connectivity index (χ3n) is 4.86. The fourth-order valence-corrected chi connectivity index (χ4v) is 3.65. The van der Waals surface area contributed by atoms with Gasteiger partial charge in [0, 0.05) is 31.2 Å². The molecule has 2 fully saturated rings. The fraction of sp³-hybridized carbons (Fsp3) is 0.611. The molecule has 3 N–H and O–H groups in total. The number of ether oxygens (including phenoxy) is 1. The molecular weight excluding hydrogens is 344 g/mol. The lowest BCUT2D eigenvalue weighted by Gasteiger charge is -2.19. The normalized spacial score (nSPS) is 29.3. The Balaban J connectivity index is 1.47. The zero-order valence-electron chi connectivity index (χ0n) is 14.1. The first-order valence-electron chi connectivity index (χ1n) is 8.79. The van der Waals surface area contributed by atoms with Gasteiger partial charge in [-0.2, -0.15) is 0 Å². The topological polar surface area (TPSA) is 82.0 Å². The highest BCUT2D eigenvalue weighted by molar-refractivity contribution is 6.30. The largest absolute Gasteiger partial charge is 0.388 e. The van der Waals surface area contributed by atoms with E-state index < -0.39 is 24.4 Å². The molecule has 0 aliphatic carbocycles. The molecule has 4 atom stereocenters. The fourth-order valence-electron chi connectivity index (χ4n) is 3.44. The van der Waals surface area contributed by atoms with Crippen molar-refractivity contribution in [1.82, 2.24) is 10.2 Å². The number of aliphatic hydroxyl groups excluding tert-OH is 2. The van der Waals surface area contributed by atoms with Crippen LogP contribution in [-0.4, -0.2) is 65.1 Å². The van der Waals surface area contributed by atoms with Crippen LogP contribution in [0.1, 0.15) is 24.8 Å². The van der Waals surface area contributed by atoms with Gasteiger partial charge in [0.2, 0.25) is 5.91 Å². The second-order valence-corrected chi connectivity index (χ2v) is 7.18. The molecule has 2 heterocycles. The SMILES string of the molecule is O=C(CC1OC(CNCc2cccc(Cl)c2)C(O)C1O)N1CCCC1. The van der Waals surface area contributed by atoms with Crippen LogP contribution < -0.4 is 5.32 Å². The maximum atomic E-state index is 12.2. The molecule has 4 unspecified atom stereocenters. The highest BCUT2D eigenvalue weighted by Gasteiger charge is 2.43. The molecule has 0 radical (unpaired) electrons. The number of hydrogen-bond donors (Lipinski definition) is 3. The Labute approximate surface area is 152 Å². The average Bonchev–Trinajstić information content (AvgIpc) is 3.21. The summed E-state index contributed by atoms with van der Waals surface area (Å²) in [6.45, 7) is 2.52. The van der Waals surface area contributed by atoms with Gasteiger partial charge >= 0.3 is 0 Å². The van der Waals surface area contributed by atoms with Crippen LogP contribution in [0.3, 0.4) is 0 Å². The van der Waals surface area contributed by atoms with Crippen molar-refractivity contribution in [3.05, 3.63) is 34.9 Å². The van der Waals surface area contributed by atoms with Gasteiger partial charge in [-0.3, -0.25) is 4.79 Å². The van der Waals surface area contributed by atoms with Gasteiger partial charge in [-0.15, -0.1) is 0 Å². The van der Waals surface area contributed by atoms with E-state index in [-0.39, 0.29) is 12.3 Å². The second-order valence-electron chi connectivity index (χ2n) is 6.75. The Kier molecular flexibility index (Phi) is 6.30. The van der Waals surface area contributed by atoms with Crippen molar-refractivity contribution in [1.29, 1.82) is 0 Å². The van der Waals surface area contributed by atoms with Gasteiger partial charge in [-0.1, -0.05) is 23.7 Å². The number of nitrogens with zero attached hydrogens (tertiary/aromatic N) is 1. The number of halogens is 1. The van der Waals surface area contributed by atoms with Crippen molar-refractivity contribution >= 4 is 17.5 Å². The molecule has 1 aromatic rings. The summed E-state index contributed by atoms with van der Waals surface area (Å²) in [5.74, 6) is -0.0127. The molecule has 25 heavy (non-hydrogen) atoms. The first-order valence-corrected chi connectivity index (χ1v) is 9.17. The molecule has 0 spiro atoms. The van der Waals surface area contributed by atoms with E-state index in [1.54, 1.807) is 4.90 Å². The molecule has 0 bridgehead atoms. The molecule has 138 valence electrons. The third kappa shape index (κ3) is 4.71. The molecule has 3 rings (SSSR count). The van der Waals surface area contributed by atoms with Gasteiger partial charge in [0.05, 0.1) is 18.6 Å². The Bertz CT molecular complexity index is 594. The summed E-state index contributed by atoms with van der Waals surface area (Å²) < 4.78 is 5.74. The van der Waals surface area contributed by atoms with Crippen LogP contribution in [0.4, 0.5) is 0 Å². The summed E-state index contributed by atoms with van der Waals surface area (Å²) in [4.78, 5) is 14.0. The van der Waals surface area contributed by atoms with Crippen LogP contribution in [0.25, 0.3) is 0 Å². The van der Waals surface area contributed by atoms with Gasteiger partial charge in [0.1, 0.15) is 12.2 Å². The molecule has 1 amide bonds. The number of rotatable bonds is 6. The quantitative estimate of drug-likeness (QED) is 0.696. The molecule has 7 heteroatoms. The van der Waals surface area contributed by atoms with E-state index in [4.69, 9.17) is 16.3 Å². The van der Waals surface area contributed by atoms with Crippen LogP contribution in [0.2, 0.25) is 5.02 Å². The minimum absolute atomic E-state index is 0.0127. The molecule has 1 aromatic carbocycles. The first-order chi connectivity index (χ1) is 12.0. The van der Waals surface area contributed by atoms with E-state index in [1.165, 1.54) is 0 Å². The molecule has 2 aliphatic rings. The van der Waals surface area contributed by atoms with Crippen LogP contribution in [0, 0.1) is 0 Å². The monoisotopic (exact) mass is 368 g/mol. The number of benzene rings is 1. The van der Waals surface area contributed by atoms with Crippen molar-refractivity contribution in [2.24, 2.45) is 0 Å². The zero-order chi connectivity index (χ0) is 17.8. The van der Waals surface area contributed by atoms with Crippen molar-refractivity contribution in [2.75, 3.05) is 19.6 Å². The van der Waals surface area contributed by atoms with Crippen molar-refractivity contribution in [2.45, 2.75) is 50.2 Å².